The molecule has 1 aromatic carbocycles. The number of hydrogen-bond acceptors (Lipinski definition) is 2. The molecular formula is C18H30N2. The minimum absolute atomic E-state index is 0.471. The molecule has 1 heterocycles. The monoisotopic (exact) mass is 274 g/mol. The smallest absolute Gasteiger partial charge is 0.0358 e. The molecule has 0 spiro atoms. The van der Waals surface area contributed by atoms with Crippen molar-refractivity contribution in [2.45, 2.75) is 39.7 Å². The maximum absolute atomic E-state index is 3.67. The van der Waals surface area contributed by atoms with Gasteiger partial charge in [0.1, 0.15) is 0 Å². The number of rotatable bonds is 6. The Hall–Kier alpha value is -0.860. The van der Waals surface area contributed by atoms with Crippen molar-refractivity contribution in [3.05, 3.63) is 35.9 Å². The van der Waals surface area contributed by atoms with Gasteiger partial charge in [-0.25, -0.2) is 0 Å². The first-order chi connectivity index (χ1) is 9.70. The van der Waals surface area contributed by atoms with Crippen molar-refractivity contribution in [2.75, 3.05) is 26.2 Å². The van der Waals surface area contributed by atoms with E-state index < -0.39 is 0 Å². The number of piperidine rings is 1. The Balaban J connectivity index is 1.98. The third-order valence-corrected chi connectivity index (χ3v) is 4.44. The highest BCUT2D eigenvalue weighted by Gasteiger charge is 2.23. The number of benzene rings is 1. The van der Waals surface area contributed by atoms with Crippen LogP contribution in [0.4, 0.5) is 0 Å². The quantitative estimate of drug-likeness (QED) is 0.851. The van der Waals surface area contributed by atoms with Crippen molar-refractivity contribution < 1.29 is 0 Å². The van der Waals surface area contributed by atoms with Gasteiger partial charge >= 0.3 is 0 Å². The molecule has 112 valence electrons. The summed E-state index contributed by atoms with van der Waals surface area (Å²) in [5.41, 5.74) is 1.42. The van der Waals surface area contributed by atoms with E-state index in [1.54, 1.807) is 0 Å². The predicted molar refractivity (Wildman–Crippen MR) is 86.9 cm³/mol. The van der Waals surface area contributed by atoms with Crippen molar-refractivity contribution in [1.82, 2.24) is 10.2 Å². The van der Waals surface area contributed by atoms with Gasteiger partial charge in [0.25, 0.3) is 0 Å². The maximum Gasteiger partial charge on any atom is 0.0358 e. The molecule has 0 amide bonds. The standard InChI is InChI=1S/C18H30N2/c1-4-19-18(17-10-6-5-7-11-17)16(3)14-20-12-8-9-15(2)13-20/h5-7,10-11,15-16,18-19H,4,8-9,12-14H2,1-3H3. The van der Waals surface area contributed by atoms with Crippen LogP contribution >= 0.6 is 0 Å². The van der Waals surface area contributed by atoms with Gasteiger partial charge in [-0.2, -0.15) is 0 Å². The van der Waals surface area contributed by atoms with Gasteiger partial charge in [-0.3, -0.25) is 0 Å². The number of nitrogens with one attached hydrogen (secondary N) is 1. The number of hydrogen-bond donors (Lipinski definition) is 1. The maximum atomic E-state index is 3.67. The molecule has 3 unspecified atom stereocenters. The third-order valence-electron chi connectivity index (χ3n) is 4.44. The van der Waals surface area contributed by atoms with Gasteiger partial charge in [0.05, 0.1) is 0 Å². The molecule has 0 aromatic heterocycles. The van der Waals surface area contributed by atoms with Gasteiger partial charge in [0, 0.05) is 19.1 Å². The third kappa shape index (κ3) is 4.32. The van der Waals surface area contributed by atoms with Crippen molar-refractivity contribution in [3.63, 3.8) is 0 Å². The predicted octanol–water partition coefficient (Wildman–Crippen LogP) is 3.71. The highest BCUT2D eigenvalue weighted by Crippen LogP contribution is 2.24. The van der Waals surface area contributed by atoms with Crippen LogP contribution in [0.15, 0.2) is 30.3 Å². The Morgan fingerprint density at radius 3 is 2.70 bits per heavy atom. The zero-order chi connectivity index (χ0) is 14.4. The van der Waals surface area contributed by atoms with E-state index in [4.69, 9.17) is 0 Å². The van der Waals surface area contributed by atoms with Gasteiger partial charge in [-0.1, -0.05) is 51.1 Å². The van der Waals surface area contributed by atoms with Gasteiger partial charge in [-0.05, 0) is 43.3 Å². The molecule has 1 N–H and O–H groups in total. The van der Waals surface area contributed by atoms with Crippen LogP contribution < -0.4 is 5.32 Å². The van der Waals surface area contributed by atoms with Crippen LogP contribution in [-0.4, -0.2) is 31.1 Å². The minimum Gasteiger partial charge on any atom is -0.310 e. The molecule has 3 atom stereocenters. The second kappa shape index (κ2) is 7.80. The summed E-state index contributed by atoms with van der Waals surface area (Å²) < 4.78 is 0. The molecule has 1 aliphatic rings. The van der Waals surface area contributed by atoms with Gasteiger partial charge in [0.15, 0.2) is 0 Å². The van der Waals surface area contributed by atoms with Crippen LogP contribution in [0, 0.1) is 11.8 Å². The van der Waals surface area contributed by atoms with Crippen molar-refractivity contribution in [2.24, 2.45) is 11.8 Å². The molecular weight excluding hydrogens is 244 g/mol. The fourth-order valence-electron chi connectivity index (χ4n) is 3.49. The summed E-state index contributed by atoms with van der Waals surface area (Å²) in [5, 5.41) is 3.67. The Labute approximate surface area is 124 Å². The lowest BCUT2D eigenvalue weighted by molar-refractivity contribution is 0.150. The first-order valence-corrected chi connectivity index (χ1v) is 8.21. The lowest BCUT2D eigenvalue weighted by atomic mass is 9.92. The van der Waals surface area contributed by atoms with E-state index in [-0.39, 0.29) is 0 Å². The van der Waals surface area contributed by atoms with Crippen molar-refractivity contribution in [3.8, 4) is 0 Å². The molecule has 1 fully saturated rings. The fraction of sp³-hybridized carbons (Fsp3) is 0.667. The van der Waals surface area contributed by atoms with E-state index in [0.29, 0.717) is 12.0 Å². The zero-order valence-corrected chi connectivity index (χ0v) is 13.3. The van der Waals surface area contributed by atoms with Crippen molar-refractivity contribution >= 4 is 0 Å². The Morgan fingerprint density at radius 1 is 1.30 bits per heavy atom. The fourth-order valence-corrected chi connectivity index (χ4v) is 3.49. The summed E-state index contributed by atoms with van der Waals surface area (Å²) in [7, 11) is 0. The second-order valence-corrected chi connectivity index (χ2v) is 6.43. The van der Waals surface area contributed by atoms with E-state index in [9.17, 15) is 0 Å². The summed E-state index contributed by atoms with van der Waals surface area (Å²) in [4.78, 5) is 2.66. The molecule has 1 saturated heterocycles. The number of likely N-dealkylation sites (tertiary alicyclic amines) is 1. The van der Waals surface area contributed by atoms with E-state index in [0.717, 1.165) is 12.5 Å². The molecule has 2 rings (SSSR count). The topological polar surface area (TPSA) is 15.3 Å². The first-order valence-electron chi connectivity index (χ1n) is 8.21. The normalized spacial score (nSPS) is 23.4. The SMILES string of the molecule is CCNC(c1ccccc1)C(C)CN1CCCC(C)C1. The molecule has 2 heteroatoms. The van der Waals surface area contributed by atoms with Crippen LogP contribution in [0.2, 0.25) is 0 Å². The van der Waals surface area contributed by atoms with E-state index in [1.165, 1.54) is 38.0 Å². The summed E-state index contributed by atoms with van der Waals surface area (Å²) in [5.74, 6) is 1.51. The Bertz CT molecular complexity index is 376. The largest absolute Gasteiger partial charge is 0.310 e. The average molecular weight is 274 g/mol. The molecule has 0 aliphatic carbocycles. The zero-order valence-electron chi connectivity index (χ0n) is 13.3. The average Bonchev–Trinajstić information content (AvgIpc) is 2.45. The molecule has 1 aliphatic heterocycles. The second-order valence-electron chi connectivity index (χ2n) is 6.43. The van der Waals surface area contributed by atoms with Crippen LogP contribution in [0.1, 0.15) is 45.2 Å². The summed E-state index contributed by atoms with van der Waals surface area (Å²) in [6.45, 7) is 11.8. The van der Waals surface area contributed by atoms with E-state index >= 15 is 0 Å². The molecule has 20 heavy (non-hydrogen) atoms. The van der Waals surface area contributed by atoms with Crippen LogP contribution in [0.5, 0.6) is 0 Å². The first kappa shape index (κ1) is 15.5. The Morgan fingerprint density at radius 2 is 2.05 bits per heavy atom. The van der Waals surface area contributed by atoms with Gasteiger partial charge in [-0.15, -0.1) is 0 Å². The summed E-state index contributed by atoms with van der Waals surface area (Å²) in [6.07, 6.45) is 2.77. The molecule has 0 saturated carbocycles. The van der Waals surface area contributed by atoms with Crippen LogP contribution in [0.3, 0.4) is 0 Å². The minimum atomic E-state index is 0.471. The number of nitrogens with zero attached hydrogens (tertiary/aromatic N) is 1. The summed E-state index contributed by atoms with van der Waals surface area (Å²) in [6, 6.07) is 11.4. The van der Waals surface area contributed by atoms with Gasteiger partial charge < -0.3 is 10.2 Å². The molecule has 1 aromatic rings. The van der Waals surface area contributed by atoms with E-state index in [1.807, 2.05) is 0 Å². The Kier molecular flexibility index (Phi) is 6.06. The van der Waals surface area contributed by atoms with E-state index in [2.05, 4.69) is 61.3 Å². The lowest BCUT2D eigenvalue weighted by Crippen LogP contribution is -2.40. The van der Waals surface area contributed by atoms with Crippen molar-refractivity contribution in [1.29, 1.82) is 0 Å². The molecule has 2 nitrogen and oxygen atoms in total. The van der Waals surface area contributed by atoms with Crippen LogP contribution in [0.25, 0.3) is 0 Å². The highest BCUT2D eigenvalue weighted by atomic mass is 15.1. The highest BCUT2D eigenvalue weighted by molar-refractivity contribution is 5.19. The van der Waals surface area contributed by atoms with Gasteiger partial charge in [0.2, 0.25) is 0 Å². The molecule has 0 radical (unpaired) electrons. The summed E-state index contributed by atoms with van der Waals surface area (Å²) >= 11 is 0. The van der Waals surface area contributed by atoms with Crippen LogP contribution in [-0.2, 0) is 0 Å². The molecule has 0 bridgehead atoms. The lowest BCUT2D eigenvalue weighted by Gasteiger charge is -2.35.